The van der Waals surface area contributed by atoms with Gasteiger partial charge in [0.15, 0.2) is 6.29 Å². The van der Waals surface area contributed by atoms with Crippen LogP contribution in [0.1, 0.15) is 107 Å². The number of hydrogen-bond donors (Lipinski definition) is 4. The van der Waals surface area contributed by atoms with E-state index in [4.69, 9.17) is 0 Å². The van der Waals surface area contributed by atoms with Crippen molar-refractivity contribution in [1.82, 2.24) is 21.3 Å². The number of carbonyl (C=O) groups excluding carboxylic acids is 2. The van der Waals surface area contributed by atoms with E-state index in [1.54, 1.807) is 0 Å². The van der Waals surface area contributed by atoms with Gasteiger partial charge in [-0.15, -0.1) is 0 Å². The van der Waals surface area contributed by atoms with E-state index in [0.717, 1.165) is 51.1 Å². The van der Waals surface area contributed by atoms with Crippen LogP contribution in [-0.2, 0) is 9.59 Å². The van der Waals surface area contributed by atoms with Gasteiger partial charge in [-0.25, -0.2) is 0 Å². The molecular weight excluding hydrogens is 400 g/mol. The summed E-state index contributed by atoms with van der Waals surface area (Å²) in [7, 11) is 0. The van der Waals surface area contributed by atoms with Gasteiger partial charge in [-0.05, 0) is 87.5 Å². The Kier molecular flexibility index (Phi) is 8.41. The molecule has 0 radical (unpaired) electrons. The molecule has 0 bridgehead atoms. The third-order valence-electron chi connectivity index (χ3n) is 7.07. The predicted molar refractivity (Wildman–Crippen MR) is 133 cm³/mol. The standard InChI is InChI=1S/C26H50N4O2/c1-10-11-12-19(17-31)26(18-32,27-20-13-22(2,3)29-23(4,5)14-20)28-21-15-24(6,7)30-25(8,9)16-21/h17-21,27-30H,10-16H2,1-9H3. The summed E-state index contributed by atoms with van der Waals surface area (Å²) in [6.07, 6.45) is 8.22. The van der Waals surface area contributed by atoms with E-state index in [9.17, 15) is 9.59 Å². The van der Waals surface area contributed by atoms with Crippen LogP contribution in [0.25, 0.3) is 0 Å². The van der Waals surface area contributed by atoms with Crippen LogP contribution in [0.3, 0.4) is 0 Å². The summed E-state index contributed by atoms with van der Waals surface area (Å²) in [5, 5.41) is 14.9. The maximum atomic E-state index is 12.9. The number of carbonyl (C=O) groups is 2. The van der Waals surface area contributed by atoms with E-state index >= 15 is 0 Å². The zero-order valence-electron chi connectivity index (χ0n) is 22.2. The van der Waals surface area contributed by atoms with Crippen molar-refractivity contribution in [3.05, 3.63) is 0 Å². The largest absolute Gasteiger partial charge is 0.307 e. The SMILES string of the molecule is CCCCC(C=O)C(C=O)(NC1CC(C)(C)NC(C)(C)C1)NC1CC(C)(C)NC(C)(C)C1. The number of rotatable bonds is 10. The lowest BCUT2D eigenvalue weighted by Crippen LogP contribution is -2.73. The predicted octanol–water partition coefficient (Wildman–Crippen LogP) is 3.68. The molecule has 2 rings (SSSR count). The molecule has 0 aromatic carbocycles. The second-order valence-electron chi connectivity index (χ2n) is 13.2. The number of piperidine rings is 2. The smallest absolute Gasteiger partial charge is 0.155 e. The van der Waals surface area contributed by atoms with E-state index in [1.807, 2.05) is 0 Å². The molecule has 2 aliphatic heterocycles. The molecule has 186 valence electrons. The van der Waals surface area contributed by atoms with Crippen molar-refractivity contribution in [2.24, 2.45) is 5.92 Å². The lowest BCUT2D eigenvalue weighted by Gasteiger charge is -2.52. The third-order valence-corrected chi connectivity index (χ3v) is 7.07. The van der Waals surface area contributed by atoms with Gasteiger partial charge in [-0.3, -0.25) is 15.4 Å². The van der Waals surface area contributed by atoms with Crippen LogP contribution in [0.2, 0.25) is 0 Å². The Hall–Kier alpha value is -0.820. The topological polar surface area (TPSA) is 82.3 Å². The van der Waals surface area contributed by atoms with E-state index in [0.29, 0.717) is 6.42 Å². The molecule has 2 heterocycles. The van der Waals surface area contributed by atoms with Gasteiger partial charge < -0.3 is 15.4 Å². The van der Waals surface area contributed by atoms with Gasteiger partial charge in [0.25, 0.3) is 0 Å². The highest BCUT2D eigenvalue weighted by Gasteiger charge is 2.47. The minimum atomic E-state index is -1.06. The first kappa shape index (κ1) is 27.4. The summed E-state index contributed by atoms with van der Waals surface area (Å²) >= 11 is 0. The Labute approximate surface area is 196 Å². The van der Waals surface area contributed by atoms with Gasteiger partial charge >= 0.3 is 0 Å². The molecule has 0 aromatic heterocycles. The molecule has 32 heavy (non-hydrogen) atoms. The summed E-state index contributed by atoms with van der Waals surface area (Å²) in [5.74, 6) is -0.401. The fraction of sp³-hybridized carbons (Fsp3) is 0.923. The fourth-order valence-electron chi connectivity index (χ4n) is 6.76. The second kappa shape index (κ2) is 9.81. The maximum Gasteiger partial charge on any atom is 0.155 e. The van der Waals surface area contributed by atoms with Crippen LogP contribution in [0.15, 0.2) is 0 Å². The van der Waals surface area contributed by atoms with E-state index in [-0.39, 0.29) is 34.2 Å². The normalized spacial score (nSPS) is 26.4. The third kappa shape index (κ3) is 7.34. The molecule has 2 aliphatic rings. The molecule has 6 heteroatoms. The van der Waals surface area contributed by atoms with Gasteiger partial charge in [0.2, 0.25) is 0 Å². The van der Waals surface area contributed by atoms with Crippen molar-refractivity contribution < 1.29 is 9.59 Å². The molecule has 0 amide bonds. The van der Waals surface area contributed by atoms with E-state index < -0.39 is 11.6 Å². The Bertz CT molecular complexity index is 584. The average molecular weight is 451 g/mol. The number of nitrogens with one attached hydrogen (secondary N) is 4. The average Bonchev–Trinajstić information content (AvgIpc) is 2.56. The molecule has 0 spiro atoms. The summed E-state index contributed by atoms with van der Waals surface area (Å²) in [6.45, 7) is 19.8. The van der Waals surface area contributed by atoms with Gasteiger partial charge in [0, 0.05) is 34.2 Å². The van der Waals surface area contributed by atoms with Crippen LogP contribution >= 0.6 is 0 Å². The van der Waals surface area contributed by atoms with Gasteiger partial charge in [0.05, 0.1) is 5.92 Å². The van der Waals surface area contributed by atoms with Crippen LogP contribution in [-0.4, -0.2) is 52.5 Å². The second-order valence-corrected chi connectivity index (χ2v) is 13.2. The lowest BCUT2D eigenvalue weighted by molar-refractivity contribution is -0.126. The number of unbranched alkanes of at least 4 members (excludes halogenated alkanes) is 1. The summed E-state index contributed by atoms with van der Waals surface area (Å²) in [6, 6.07) is 0.261. The fourth-order valence-corrected chi connectivity index (χ4v) is 6.76. The Morgan fingerprint density at radius 1 is 0.812 bits per heavy atom. The van der Waals surface area contributed by atoms with Crippen LogP contribution in [0, 0.1) is 5.92 Å². The Balaban J connectivity index is 2.38. The van der Waals surface area contributed by atoms with Crippen molar-refractivity contribution >= 4 is 12.6 Å². The molecule has 1 atom stereocenters. The first-order valence-corrected chi connectivity index (χ1v) is 12.6. The zero-order valence-corrected chi connectivity index (χ0v) is 22.2. The first-order chi connectivity index (χ1) is 14.6. The summed E-state index contributed by atoms with van der Waals surface area (Å²) in [4.78, 5) is 25.2. The van der Waals surface area contributed by atoms with Crippen molar-refractivity contribution in [3.63, 3.8) is 0 Å². The van der Waals surface area contributed by atoms with Gasteiger partial charge in [0.1, 0.15) is 11.9 Å². The molecule has 0 aliphatic carbocycles. The first-order valence-electron chi connectivity index (χ1n) is 12.6. The molecule has 0 aromatic rings. The van der Waals surface area contributed by atoms with E-state index in [1.165, 1.54) is 0 Å². The van der Waals surface area contributed by atoms with Crippen molar-refractivity contribution in [2.45, 2.75) is 147 Å². The minimum absolute atomic E-state index is 0.0487. The Morgan fingerprint density at radius 3 is 1.47 bits per heavy atom. The zero-order chi connectivity index (χ0) is 24.4. The molecule has 2 saturated heterocycles. The van der Waals surface area contributed by atoms with Crippen LogP contribution < -0.4 is 21.3 Å². The summed E-state index contributed by atoms with van der Waals surface area (Å²) in [5.41, 5.74) is -1.25. The summed E-state index contributed by atoms with van der Waals surface area (Å²) < 4.78 is 0. The van der Waals surface area contributed by atoms with Crippen LogP contribution in [0.4, 0.5) is 0 Å². The quantitative estimate of drug-likeness (QED) is 0.300. The minimum Gasteiger partial charge on any atom is -0.307 e. The lowest BCUT2D eigenvalue weighted by atomic mass is 9.76. The van der Waals surface area contributed by atoms with Crippen molar-refractivity contribution in [2.75, 3.05) is 0 Å². The molecule has 4 N–H and O–H groups in total. The molecule has 2 fully saturated rings. The maximum absolute atomic E-state index is 12.9. The van der Waals surface area contributed by atoms with Crippen molar-refractivity contribution in [1.29, 1.82) is 0 Å². The van der Waals surface area contributed by atoms with Crippen molar-refractivity contribution in [3.8, 4) is 0 Å². The highest BCUT2D eigenvalue weighted by Crippen LogP contribution is 2.33. The Morgan fingerprint density at radius 2 is 1.19 bits per heavy atom. The molecular formula is C26H50N4O2. The molecule has 0 saturated carbocycles. The molecule has 6 nitrogen and oxygen atoms in total. The molecule has 1 unspecified atom stereocenters. The monoisotopic (exact) mass is 450 g/mol. The van der Waals surface area contributed by atoms with E-state index in [2.05, 4.69) is 83.6 Å². The highest BCUT2D eigenvalue weighted by molar-refractivity contribution is 5.73. The van der Waals surface area contributed by atoms with Gasteiger partial charge in [-0.2, -0.15) is 0 Å². The number of aldehydes is 2. The number of hydrogen-bond acceptors (Lipinski definition) is 6. The van der Waals surface area contributed by atoms with Crippen LogP contribution in [0.5, 0.6) is 0 Å². The highest BCUT2D eigenvalue weighted by atomic mass is 16.1. The van der Waals surface area contributed by atoms with Gasteiger partial charge in [-0.1, -0.05) is 19.8 Å².